The van der Waals surface area contributed by atoms with Crippen molar-refractivity contribution in [1.82, 2.24) is 4.90 Å². The van der Waals surface area contributed by atoms with E-state index >= 15 is 0 Å². The summed E-state index contributed by atoms with van der Waals surface area (Å²) >= 11 is 1.54. The van der Waals surface area contributed by atoms with Crippen LogP contribution in [0.1, 0.15) is 25.7 Å². The van der Waals surface area contributed by atoms with Gasteiger partial charge in [0.05, 0.1) is 23.8 Å². The van der Waals surface area contributed by atoms with E-state index in [0.29, 0.717) is 24.5 Å². The fraction of sp³-hybridized carbons (Fsp3) is 0.750. The standard InChI is InChI=1S/C12H17NO4S/c14-5-8-6-18-7-13(8)11(15)9-3-1-2-4-10(9)12(16)17/h5,8-10H,1-4,6-7H2,(H,16,17)/t8?,9-,10+/m1/s1. The molecule has 0 aromatic heterocycles. The number of hydrogen-bond donors (Lipinski definition) is 1. The van der Waals surface area contributed by atoms with Crippen molar-refractivity contribution in [3.8, 4) is 0 Å². The number of rotatable bonds is 3. The highest BCUT2D eigenvalue weighted by atomic mass is 32.2. The van der Waals surface area contributed by atoms with Gasteiger partial charge in [-0.15, -0.1) is 11.8 Å². The molecule has 3 atom stereocenters. The third-order valence-electron chi connectivity index (χ3n) is 3.76. The highest BCUT2D eigenvalue weighted by Crippen LogP contribution is 2.33. The second-order valence-electron chi connectivity index (χ2n) is 4.85. The lowest BCUT2D eigenvalue weighted by Crippen LogP contribution is -2.45. The number of aliphatic carboxylic acids is 1. The van der Waals surface area contributed by atoms with E-state index in [1.807, 2.05) is 0 Å². The predicted molar refractivity (Wildman–Crippen MR) is 67.1 cm³/mol. The van der Waals surface area contributed by atoms with Gasteiger partial charge in [0, 0.05) is 5.75 Å². The largest absolute Gasteiger partial charge is 0.481 e. The summed E-state index contributed by atoms with van der Waals surface area (Å²) in [4.78, 5) is 36.0. The Balaban J connectivity index is 2.10. The first-order chi connectivity index (χ1) is 8.65. The van der Waals surface area contributed by atoms with Gasteiger partial charge in [-0.1, -0.05) is 12.8 Å². The topological polar surface area (TPSA) is 74.7 Å². The average Bonchev–Trinajstić information content (AvgIpc) is 2.86. The van der Waals surface area contributed by atoms with Gasteiger partial charge in [-0.2, -0.15) is 0 Å². The maximum atomic E-state index is 12.4. The molecule has 5 nitrogen and oxygen atoms in total. The second kappa shape index (κ2) is 5.73. The summed E-state index contributed by atoms with van der Waals surface area (Å²) < 4.78 is 0. The molecule has 1 amide bonds. The van der Waals surface area contributed by atoms with Crippen molar-refractivity contribution in [1.29, 1.82) is 0 Å². The quantitative estimate of drug-likeness (QED) is 0.774. The van der Waals surface area contributed by atoms with E-state index in [2.05, 4.69) is 0 Å². The van der Waals surface area contributed by atoms with Crippen LogP contribution in [0.25, 0.3) is 0 Å². The number of thioether (sulfide) groups is 1. The van der Waals surface area contributed by atoms with Crippen molar-refractivity contribution in [3.05, 3.63) is 0 Å². The first-order valence-corrected chi connectivity index (χ1v) is 7.37. The van der Waals surface area contributed by atoms with Crippen LogP contribution in [0.2, 0.25) is 0 Å². The Morgan fingerprint density at radius 3 is 2.50 bits per heavy atom. The number of carbonyl (C=O) groups excluding carboxylic acids is 2. The summed E-state index contributed by atoms with van der Waals surface area (Å²) in [6, 6.07) is -0.376. The molecule has 0 aromatic rings. The van der Waals surface area contributed by atoms with Gasteiger partial charge in [-0.25, -0.2) is 0 Å². The van der Waals surface area contributed by atoms with Gasteiger partial charge in [0.15, 0.2) is 0 Å². The molecule has 2 fully saturated rings. The number of hydrogen-bond acceptors (Lipinski definition) is 4. The van der Waals surface area contributed by atoms with Gasteiger partial charge in [-0.05, 0) is 12.8 Å². The van der Waals surface area contributed by atoms with E-state index in [-0.39, 0.29) is 11.9 Å². The monoisotopic (exact) mass is 271 g/mol. The lowest BCUT2D eigenvalue weighted by molar-refractivity contribution is -0.152. The summed E-state index contributed by atoms with van der Waals surface area (Å²) in [5.74, 6) is -0.932. The molecule has 6 heteroatoms. The van der Waals surface area contributed by atoms with E-state index in [9.17, 15) is 19.5 Å². The first kappa shape index (κ1) is 13.4. The van der Waals surface area contributed by atoms with E-state index in [1.54, 1.807) is 16.7 Å². The molecule has 100 valence electrons. The van der Waals surface area contributed by atoms with Crippen molar-refractivity contribution < 1.29 is 19.5 Å². The van der Waals surface area contributed by atoms with Crippen LogP contribution in [0.4, 0.5) is 0 Å². The predicted octanol–water partition coefficient (Wildman–Crippen LogP) is 0.978. The molecular formula is C12H17NO4S. The first-order valence-electron chi connectivity index (χ1n) is 6.21. The van der Waals surface area contributed by atoms with Gasteiger partial charge in [0.25, 0.3) is 0 Å². The fourth-order valence-electron chi connectivity index (χ4n) is 2.73. The Bertz CT molecular complexity index is 360. The van der Waals surface area contributed by atoms with Crippen molar-refractivity contribution in [3.63, 3.8) is 0 Å². The molecule has 1 aliphatic heterocycles. The second-order valence-corrected chi connectivity index (χ2v) is 5.85. The molecule has 1 unspecified atom stereocenters. The number of nitrogens with zero attached hydrogens (tertiary/aromatic N) is 1. The Hall–Kier alpha value is -1.04. The number of carboxylic acid groups (broad SMARTS) is 1. The lowest BCUT2D eigenvalue weighted by atomic mass is 9.78. The maximum Gasteiger partial charge on any atom is 0.307 e. The van der Waals surface area contributed by atoms with Crippen molar-refractivity contribution in [2.45, 2.75) is 31.7 Å². The average molecular weight is 271 g/mol. The van der Waals surface area contributed by atoms with Crippen LogP contribution >= 0.6 is 11.8 Å². The Kier molecular flexibility index (Phi) is 4.27. The summed E-state index contributed by atoms with van der Waals surface area (Å²) in [5, 5.41) is 9.18. The zero-order valence-electron chi connectivity index (χ0n) is 10.1. The number of amides is 1. The number of carbonyl (C=O) groups is 3. The minimum atomic E-state index is -0.887. The molecule has 1 saturated carbocycles. The van der Waals surface area contributed by atoms with Gasteiger partial charge in [0.1, 0.15) is 6.29 Å². The highest BCUT2D eigenvalue weighted by molar-refractivity contribution is 7.99. The zero-order valence-corrected chi connectivity index (χ0v) is 10.9. The van der Waals surface area contributed by atoms with E-state index in [1.165, 1.54) is 0 Å². The van der Waals surface area contributed by atoms with Crippen LogP contribution in [0.5, 0.6) is 0 Å². The number of carboxylic acids is 1. The Labute approximate surface area is 110 Å². The summed E-state index contributed by atoms with van der Waals surface area (Å²) in [5.41, 5.74) is 0. The molecule has 1 saturated heterocycles. The van der Waals surface area contributed by atoms with Crippen molar-refractivity contribution >= 4 is 29.9 Å². The number of aldehydes is 1. The van der Waals surface area contributed by atoms with E-state index in [4.69, 9.17) is 0 Å². The zero-order chi connectivity index (χ0) is 13.1. The summed E-state index contributed by atoms with van der Waals surface area (Å²) in [7, 11) is 0. The molecule has 18 heavy (non-hydrogen) atoms. The van der Waals surface area contributed by atoms with Crippen LogP contribution in [0.3, 0.4) is 0 Å². The normalized spacial score (nSPS) is 32.2. The Morgan fingerprint density at radius 1 is 1.22 bits per heavy atom. The van der Waals surface area contributed by atoms with Crippen LogP contribution in [0.15, 0.2) is 0 Å². The molecule has 0 aromatic carbocycles. The molecule has 2 rings (SSSR count). The molecular weight excluding hydrogens is 254 g/mol. The fourth-order valence-corrected chi connectivity index (χ4v) is 3.85. The molecule has 1 N–H and O–H groups in total. The van der Waals surface area contributed by atoms with Crippen LogP contribution in [-0.2, 0) is 14.4 Å². The van der Waals surface area contributed by atoms with Crippen molar-refractivity contribution in [2.24, 2.45) is 11.8 Å². The molecule has 0 bridgehead atoms. The third-order valence-corrected chi connectivity index (χ3v) is 4.80. The minimum Gasteiger partial charge on any atom is -0.481 e. The van der Waals surface area contributed by atoms with Crippen LogP contribution < -0.4 is 0 Å². The van der Waals surface area contributed by atoms with Crippen LogP contribution in [0, 0.1) is 11.8 Å². The van der Waals surface area contributed by atoms with Crippen molar-refractivity contribution in [2.75, 3.05) is 11.6 Å². The molecule has 1 heterocycles. The molecule has 2 aliphatic rings. The smallest absolute Gasteiger partial charge is 0.307 e. The minimum absolute atomic E-state index is 0.149. The molecule has 1 aliphatic carbocycles. The van der Waals surface area contributed by atoms with Crippen LogP contribution in [-0.4, -0.2) is 45.8 Å². The van der Waals surface area contributed by atoms with Gasteiger partial charge < -0.3 is 14.8 Å². The Morgan fingerprint density at radius 2 is 1.89 bits per heavy atom. The molecule has 0 radical (unpaired) electrons. The van der Waals surface area contributed by atoms with Gasteiger partial charge >= 0.3 is 5.97 Å². The van der Waals surface area contributed by atoms with Gasteiger partial charge in [-0.3, -0.25) is 9.59 Å². The molecule has 0 spiro atoms. The summed E-state index contributed by atoms with van der Waals surface area (Å²) in [6.45, 7) is 0. The third kappa shape index (κ3) is 2.53. The highest BCUT2D eigenvalue weighted by Gasteiger charge is 2.40. The van der Waals surface area contributed by atoms with Gasteiger partial charge in [0.2, 0.25) is 5.91 Å². The van der Waals surface area contributed by atoms with E-state index < -0.39 is 17.8 Å². The van der Waals surface area contributed by atoms with E-state index in [0.717, 1.165) is 19.1 Å². The lowest BCUT2D eigenvalue weighted by Gasteiger charge is -2.31. The maximum absolute atomic E-state index is 12.4. The SMILES string of the molecule is O=CC1CSCN1C(=O)[C@@H]1CCCC[C@@H]1C(=O)O. The summed E-state index contributed by atoms with van der Waals surface area (Å²) in [6.07, 6.45) is 3.75.